The summed E-state index contributed by atoms with van der Waals surface area (Å²) in [5.74, 6) is 0.904. The highest BCUT2D eigenvalue weighted by molar-refractivity contribution is 8.00. The van der Waals surface area contributed by atoms with Gasteiger partial charge in [0.2, 0.25) is 5.91 Å². The minimum absolute atomic E-state index is 0.162. The number of thioether (sulfide) groups is 1. The van der Waals surface area contributed by atoms with Crippen LogP contribution in [-0.2, 0) is 11.8 Å². The van der Waals surface area contributed by atoms with Crippen molar-refractivity contribution in [2.45, 2.75) is 4.90 Å². The Morgan fingerprint density at radius 3 is 2.71 bits per heavy atom. The van der Waals surface area contributed by atoms with Gasteiger partial charge in [-0.25, -0.2) is 0 Å². The van der Waals surface area contributed by atoms with Crippen molar-refractivity contribution in [2.24, 2.45) is 7.05 Å². The van der Waals surface area contributed by atoms with E-state index < -0.39 is 0 Å². The minimum atomic E-state index is -0.352. The summed E-state index contributed by atoms with van der Waals surface area (Å²) >= 11 is 1.35. The molecule has 4 rings (SSSR count). The van der Waals surface area contributed by atoms with E-state index in [0.717, 1.165) is 15.8 Å². The average molecular weight is 397 g/mol. The van der Waals surface area contributed by atoms with Crippen LogP contribution in [0.1, 0.15) is 10.4 Å². The summed E-state index contributed by atoms with van der Waals surface area (Å²) in [5.41, 5.74) is 6.41. The van der Waals surface area contributed by atoms with E-state index in [4.69, 9.17) is 9.47 Å². The van der Waals surface area contributed by atoms with Crippen LogP contribution in [0.2, 0.25) is 0 Å². The first-order chi connectivity index (χ1) is 13.6. The largest absolute Gasteiger partial charge is 0.486 e. The topological polar surface area (TPSA) is 81.6 Å². The first-order valence-electron chi connectivity index (χ1n) is 8.77. The fraction of sp³-hybridized carbons (Fsp3) is 0.200. The molecule has 1 aromatic heterocycles. The quantitative estimate of drug-likeness (QED) is 0.522. The Morgan fingerprint density at radius 2 is 1.86 bits per heavy atom. The number of carbonyl (C=O) groups is 2. The molecule has 0 radical (unpaired) electrons. The van der Waals surface area contributed by atoms with Crippen LogP contribution in [0.3, 0.4) is 0 Å². The van der Waals surface area contributed by atoms with Crippen LogP contribution in [0.4, 0.5) is 0 Å². The number of fused-ring (bicyclic) bond motifs is 2. The molecule has 2 N–H and O–H groups in total. The van der Waals surface area contributed by atoms with Crippen molar-refractivity contribution in [1.82, 2.24) is 15.4 Å². The molecule has 0 unspecified atom stereocenters. The van der Waals surface area contributed by atoms with E-state index in [0.29, 0.717) is 30.3 Å². The van der Waals surface area contributed by atoms with Crippen molar-refractivity contribution < 1.29 is 19.1 Å². The molecule has 0 saturated heterocycles. The highest BCUT2D eigenvalue weighted by Crippen LogP contribution is 2.34. The number of nitrogens with zero attached hydrogens (tertiary/aromatic N) is 1. The molecule has 144 valence electrons. The van der Waals surface area contributed by atoms with Crippen LogP contribution in [-0.4, -0.2) is 35.3 Å². The molecule has 28 heavy (non-hydrogen) atoms. The molecule has 0 atom stereocenters. The smallest absolute Gasteiger partial charge is 0.271 e. The molecule has 2 aromatic carbocycles. The molecule has 0 aliphatic carbocycles. The summed E-state index contributed by atoms with van der Waals surface area (Å²) < 4.78 is 12.9. The summed E-state index contributed by atoms with van der Waals surface area (Å²) in [6.07, 6.45) is 1.75. The number of rotatable bonds is 4. The van der Waals surface area contributed by atoms with Gasteiger partial charge < -0.3 is 14.0 Å². The van der Waals surface area contributed by atoms with Gasteiger partial charge in [0, 0.05) is 29.0 Å². The Labute approximate surface area is 166 Å². The molecule has 7 nitrogen and oxygen atoms in total. The Morgan fingerprint density at radius 1 is 1.07 bits per heavy atom. The average Bonchev–Trinajstić information content (AvgIpc) is 3.07. The van der Waals surface area contributed by atoms with Gasteiger partial charge in [0.15, 0.2) is 11.5 Å². The van der Waals surface area contributed by atoms with Gasteiger partial charge in [-0.05, 0) is 24.3 Å². The van der Waals surface area contributed by atoms with Gasteiger partial charge in [-0.1, -0.05) is 18.2 Å². The number of benzene rings is 2. The van der Waals surface area contributed by atoms with Gasteiger partial charge in [-0.15, -0.1) is 11.8 Å². The lowest BCUT2D eigenvalue weighted by atomic mass is 10.2. The molecular weight excluding hydrogens is 378 g/mol. The third-order valence-electron chi connectivity index (χ3n) is 4.34. The summed E-state index contributed by atoms with van der Waals surface area (Å²) in [5, 5.41) is 0.836. The van der Waals surface area contributed by atoms with Crippen molar-refractivity contribution in [2.75, 3.05) is 19.0 Å². The molecular formula is C20H19N3O4S. The lowest BCUT2D eigenvalue weighted by Crippen LogP contribution is -2.42. The third kappa shape index (κ3) is 3.77. The van der Waals surface area contributed by atoms with E-state index in [1.807, 2.05) is 54.1 Å². The number of aromatic nitrogens is 1. The fourth-order valence-electron chi connectivity index (χ4n) is 3.01. The molecule has 1 aliphatic heterocycles. The minimum Gasteiger partial charge on any atom is -0.486 e. The summed E-state index contributed by atoms with van der Waals surface area (Å²) in [6.45, 7) is 1.06. The van der Waals surface area contributed by atoms with Gasteiger partial charge in [0.1, 0.15) is 13.2 Å². The monoisotopic (exact) mass is 397 g/mol. The van der Waals surface area contributed by atoms with Gasteiger partial charge in [-0.2, -0.15) is 0 Å². The normalized spacial score (nSPS) is 12.6. The van der Waals surface area contributed by atoms with Crippen molar-refractivity contribution in [3.63, 3.8) is 0 Å². The Hall–Kier alpha value is -3.13. The van der Waals surface area contributed by atoms with Gasteiger partial charge in [0.05, 0.1) is 11.3 Å². The number of para-hydroxylation sites is 1. The molecule has 0 saturated carbocycles. The SMILES string of the molecule is Cn1cc(C(=O)NNC(=O)CSc2ccc3c(c2)OCCO3)c2ccccc21. The number of hydrogen-bond acceptors (Lipinski definition) is 5. The second kappa shape index (κ2) is 7.85. The zero-order valence-corrected chi connectivity index (χ0v) is 16.0. The van der Waals surface area contributed by atoms with Gasteiger partial charge in [-0.3, -0.25) is 20.4 Å². The maximum Gasteiger partial charge on any atom is 0.271 e. The fourth-order valence-corrected chi connectivity index (χ4v) is 3.74. The van der Waals surface area contributed by atoms with Crippen LogP contribution in [0.25, 0.3) is 10.9 Å². The lowest BCUT2D eigenvalue weighted by molar-refractivity contribution is -0.119. The van der Waals surface area contributed by atoms with Crippen molar-refractivity contribution in [3.8, 4) is 11.5 Å². The predicted molar refractivity (Wildman–Crippen MR) is 107 cm³/mol. The Bertz CT molecular complexity index is 1050. The first kappa shape index (κ1) is 18.2. The molecule has 0 fully saturated rings. The summed E-state index contributed by atoms with van der Waals surface area (Å²) in [7, 11) is 1.88. The van der Waals surface area contributed by atoms with E-state index in [1.165, 1.54) is 11.8 Å². The van der Waals surface area contributed by atoms with Gasteiger partial charge in [0.25, 0.3) is 5.91 Å². The van der Waals surface area contributed by atoms with E-state index in [2.05, 4.69) is 10.9 Å². The number of hydrazine groups is 1. The first-order valence-corrected chi connectivity index (χ1v) is 9.76. The third-order valence-corrected chi connectivity index (χ3v) is 5.33. The van der Waals surface area contributed by atoms with Gasteiger partial charge >= 0.3 is 0 Å². The summed E-state index contributed by atoms with van der Waals surface area (Å²) in [4.78, 5) is 25.4. The van der Waals surface area contributed by atoms with Crippen molar-refractivity contribution in [3.05, 3.63) is 54.2 Å². The van der Waals surface area contributed by atoms with Crippen LogP contribution in [0.15, 0.2) is 53.6 Å². The van der Waals surface area contributed by atoms with E-state index in [9.17, 15) is 9.59 Å². The van der Waals surface area contributed by atoms with Crippen LogP contribution >= 0.6 is 11.8 Å². The van der Waals surface area contributed by atoms with Crippen molar-refractivity contribution in [1.29, 1.82) is 0 Å². The standard InChI is InChI=1S/C20H19N3O4S/c1-23-11-15(14-4-2-3-5-16(14)23)20(25)22-21-19(24)12-28-13-6-7-17-18(10-13)27-9-8-26-17/h2-7,10-11H,8-9,12H2,1H3,(H,21,24)(H,22,25). The molecule has 2 heterocycles. The zero-order chi connectivity index (χ0) is 19.5. The molecule has 1 aliphatic rings. The van der Waals surface area contributed by atoms with E-state index in [1.54, 1.807) is 6.20 Å². The number of nitrogens with one attached hydrogen (secondary N) is 2. The van der Waals surface area contributed by atoms with Crippen LogP contribution in [0.5, 0.6) is 11.5 Å². The molecule has 0 spiro atoms. The molecule has 0 bridgehead atoms. The Kier molecular flexibility index (Phi) is 5.12. The zero-order valence-electron chi connectivity index (χ0n) is 15.2. The van der Waals surface area contributed by atoms with Crippen LogP contribution in [0, 0.1) is 0 Å². The van der Waals surface area contributed by atoms with E-state index >= 15 is 0 Å². The number of carbonyl (C=O) groups excluding carboxylic acids is 2. The number of ether oxygens (including phenoxy) is 2. The summed E-state index contributed by atoms with van der Waals surface area (Å²) in [6, 6.07) is 13.2. The number of amides is 2. The highest BCUT2D eigenvalue weighted by Gasteiger charge is 2.15. The predicted octanol–water partition coefficient (Wildman–Crippen LogP) is 2.50. The number of hydrogen-bond donors (Lipinski definition) is 2. The van der Waals surface area contributed by atoms with Crippen LogP contribution < -0.4 is 20.3 Å². The number of aryl methyl sites for hydroxylation is 1. The molecule has 8 heteroatoms. The highest BCUT2D eigenvalue weighted by atomic mass is 32.2. The molecule has 2 amide bonds. The van der Waals surface area contributed by atoms with E-state index in [-0.39, 0.29) is 17.6 Å². The maximum absolute atomic E-state index is 12.4. The Balaban J connectivity index is 1.32. The molecule has 3 aromatic rings. The lowest BCUT2D eigenvalue weighted by Gasteiger charge is -2.18. The maximum atomic E-state index is 12.4. The van der Waals surface area contributed by atoms with Crippen molar-refractivity contribution >= 4 is 34.5 Å². The second-order valence-corrected chi connectivity index (χ2v) is 7.32. The second-order valence-electron chi connectivity index (χ2n) is 6.27.